The number of carbonyl (C=O) groups is 3. The lowest BCUT2D eigenvalue weighted by Crippen LogP contribution is -2.29. The molecule has 3 N–H and O–H groups in total. The number of amides is 2. The summed E-state index contributed by atoms with van der Waals surface area (Å²) < 4.78 is 0. The van der Waals surface area contributed by atoms with Crippen molar-refractivity contribution < 1.29 is 19.5 Å². The van der Waals surface area contributed by atoms with Crippen molar-refractivity contribution in [3.05, 3.63) is 64.7 Å². The number of nitrogens with one attached hydrogen (secondary N) is 2. The highest BCUT2D eigenvalue weighted by Gasteiger charge is 2.11. The first-order valence-corrected chi connectivity index (χ1v) is 8.85. The maximum absolute atomic E-state index is 12.2. The van der Waals surface area contributed by atoms with Gasteiger partial charge in [-0.1, -0.05) is 30.7 Å². The normalized spacial score (nSPS) is 11.5. The Kier molecular flexibility index (Phi) is 7.37. The highest BCUT2D eigenvalue weighted by molar-refractivity contribution is 6.30. The lowest BCUT2D eigenvalue weighted by molar-refractivity contribution is -0.135. The van der Waals surface area contributed by atoms with Crippen molar-refractivity contribution in [3.63, 3.8) is 0 Å². The van der Waals surface area contributed by atoms with Crippen molar-refractivity contribution in [2.75, 3.05) is 11.9 Å². The Bertz CT molecular complexity index is 804. The maximum atomic E-state index is 12.2. The Morgan fingerprint density at radius 1 is 1.04 bits per heavy atom. The van der Waals surface area contributed by atoms with Crippen LogP contribution in [-0.4, -0.2) is 29.4 Å². The van der Waals surface area contributed by atoms with Gasteiger partial charge in [-0.15, -0.1) is 0 Å². The summed E-state index contributed by atoms with van der Waals surface area (Å²) in [5.41, 5.74) is 2.02. The van der Waals surface area contributed by atoms with E-state index >= 15 is 0 Å². The first kappa shape index (κ1) is 20.5. The smallest absolute Gasteiger partial charge is 0.322 e. The molecule has 7 heteroatoms. The third-order valence-electron chi connectivity index (χ3n) is 3.86. The molecule has 27 heavy (non-hydrogen) atoms. The van der Waals surface area contributed by atoms with E-state index in [-0.39, 0.29) is 11.8 Å². The summed E-state index contributed by atoms with van der Waals surface area (Å²) in [5, 5.41) is 14.3. The van der Waals surface area contributed by atoms with Crippen LogP contribution in [0.3, 0.4) is 0 Å². The SMILES string of the molecule is CC(CC(=O)Nc1ccc(C(=O)NCC(=O)O)cc1)Cc1ccc(Cl)cc1. The fourth-order valence-electron chi connectivity index (χ4n) is 2.59. The Hall–Kier alpha value is -2.86. The van der Waals surface area contributed by atoms with Crippen LogP contribution in [0.15, 0.2) is 48.5 Å². The van der Waals surface area contributed by atoms with E-state index in [0.29, 0.717) is 22.7 Å². The second-order valence-electron chi connectivity index (χ2n) is 6.34. The van der Waals surface area contributed by atoms with E-state index in [0.717, 1.165) is 12.0 Å². The molecule has 142 valence electrons. The van der Waals surface area contributed by atoms with Gasteiger partial charge in [-0.3, -0.25) is 14.4 Å². The predicted molar refractivity (Wildman–Crippen MR) is 104 cm³/mol. The molecule has 6 nitrogen and oxygen atoms in total. The summed E-state index contributed by atoms with van der Waals surface area (Å²) in [5.74, 6) is -1.54. The molecule has 0 radical (unpaired) electrons. The Labute approximate surface area is 162 Å². The second kappa shape index (κ2) is 9.73. The summed E-state index contributed by atoms with van der Waals surface area (Å²) in [6.07, 6.45) is 1.14. The second-order valence-corrected chi connectivity index (χ2v) is 6.78. The molecule has 1 unspecified atom stereocenters. The molecule has 2 aromatic rings. The Morgan fingerprint density at radius 2 is 1.67 bits per heavy atom. The van der Waals surface area contributed by atoms with Crippen LogP contribution in [0.4, 0.5) is 5.69 Å². The van der Waals surface area contributed by atoms with Gasteiger partial charge in [-0.05, 0) is 54.3 Å². The van der Waals surface area contributed by atoms with Gasteiger partial charge in [-0.2, -0.15) is 0 Å². The van der Waals surface area contributed by atoms with E-state index in [4.69, 9.17) is 16.7 Å². The largest absolute Gasteiger partial charge is 0.480 e. The average Bonchev–Trinajstić information content (AvgIpc) is 2.62. The zero-order chi connectivity index (χ0) is 19.8. The van der Waals surface area contributed by atoms with Gasteiger partial charge in [0.2, 0.25) is 5.91 Å². The van der Waals surface area contributed by atoms with Crippen LogP contribution in [0.1, 0.15) is 29.3 Å². The zero-order valence-electron chi connectivity index (χ0n) is 14.9. The van der Waals surface area contributed by atoms with Crippen LogP contribution in [0, 0.1) is 5.92 Å². The summed E-state index contributed by atoms with van der Waals surface area (Å²) in [7, 11) is 0. The minimum absolute atomic E-state index is 0.112. The average molecular weight is 389 g/mol. The number of rotatable bonds is 8. The van der Waals surface area contributed by atoms with Crippen LogP contribution >= 0.6 is 11.6 Å². The van der Waals surface area contributed by atoms with Crippen LogP contribution < -0.4 is 10.6 Å². The number of aliphatic carboxylic acids is 1. The number of benzene rings is 2. The number of carboxylic acids is 1. The van der Waals surface area contributed by atoms with Crippen molar-refractivity contribution in [1.82, 2.24) is 5.32 Å². The summed E-state index contributed by atoms with van der Waals surface area (Å²) in [6.45, 7) is 1.56. The molecule has 0 aliphatic rings. The van der Waals surface area contributed by atoms with Crippen molar-refractivity contribution in [1.29, 1.82) is 0 Å². The molecule has 0 saturated heterocycles. The quantitative estimate of drug-likeness (QED) is 0.646. The summed E-state index contributed by atoms with van der Waals surface area (Å²) >= 11 is 5.87. The molecule has 0 aliphatic carbocycles. The Balaban J connectivity index is 1.83. The van der Waals surface area contributed by atoms with E-state index in [1.165, 1.54) is 12.1 Å². The number of hydrogen-bond donors (Lipinski definition) is 3. The molecule has 0 spiro atoms. The molecule has 0 aliphatic heterocycles. The lowest BCUT2D eigenvalue weighted by Gasteiger charge is -2.12. The first-order valence-electron chi connectivity index (χ1n) is 8.48. The van der Waals surface area contributed by atoms with E-state index < -0.39 is 18.4 Å². The van der Waals surface area contributed by atoms with E-state index in [1.54, 1.807) is 12.1 Å². The number of anilines is 1. The van der Waals surface area contributed by atoms with Gasteiger partial charge in [0.05, 0.1) is 0 Å². The van der Waals surface area contributed by atoms with Crippen molar-refractivity contribution >= 4 is 35.1 Å². The van der Waals surface area contributed by atoms with Gasteiger partial charge < -0.3 is 15.7 Å². The predicted octanol–water partition coefficient (Wildman–Crippen LogP) is 3.36. The molecular weight excluding hydrogens is 368 g/mol. The third kappa shape index (κ3) is 7.11. The molecule has 0 aromatic heterocycles. The van der Waals surface area contributed by atoms with E-state index in [2.05, 4.69) is 10.6 Å². The van der Waals surface area contributed by atoms with E-state index in [1.807, 2.05) is 31.2 Å². The topological polar surface area (TPSA) is 95.5 Å². The first-order chi connectivity index (χ1) is 12.8. The summed E-state index contributed by atoms with van der Waals surface area (Å²) in [6, 6.07) is 13.8. The molecule has 2 rings (SSSR count). The number of carbonyl (C=O) groups excluding carboxylic acids is 2. The van der Waals surface area contributed by atoms with Gasteiger partial charge in [0.25, 0.3) is 5.91 Å². The highest BCUT2D eigenvalue weighted by Crippen LogP contribution is 2.16. The van der Waals surface area contributed by atoms with Crippen LogP contribution in [0.5, 0.6) is 0 Å². The van der Waals surface area contributed by atoms with Crippen molar-refractivity contribution in [2.45, 2.75) is 19.8 Å². The van der Waals surface area contributed by atoms with Gasteiger partial charge >= 0.3 is 5.97 Å². The molecular formula is C20H21ClN2O4. The van der Waals surface area contributed by atoms with Gasteiger partial charge in [0.15, 0.2) is 0 Å². The van der Waals surface area contributed by atoms with Gasteiger partial charge in [-0.25, -0.2) is 0 Å². The van der Waals surface area contributed by atoms with Gasteiger partial charge in [0, 0.05) is 22.7 Å². The Morgan fingerprint density at radius 3 is 2.26 bits per heavy atom. The fraction of sp³-hybridized carbons (Fsp3) is 0.250. The highest BCUT2D eigenvalue weighted by atomic mass is 35.5. The van der Waals surface area contributed by atoms with E-state index in [9.17, 15) is 14.4 Å². The fourth-order valence-corrected chi connectivity index (χ4v) is 2.71. The molecule has 0 fully saturated rings. The number of carboxylic acid groups (broad SMARTS) is 1. The van der Waals surface area contributed by atoms with Crippen molar-refractivity contribution in [3.8, 4) is 0 Å². The number of halogens is 1. The molecule has 1 atom stereocenters. The molecule has 2 aromatic carbocycles. The molecule has 2 amide bonds. The standard InChI is InChI=1S/C20H21ClN2O4/c1-13(10-14-2-6-16(21)7-3-14)11-18(24)23-17-8-4-15(5-9-17)20(27)22-12-19(25)26/h2-9,13H,10-12H2,1H3,(H,22,27)(H,23,24)(H,25,26). The monoisotopic (exact) mass is 388 g/mol. The zero-order valence-corrected chi connectivity index (χ0v) is 15.6. The number of hydrogen-bond acceptors (Lipinski definition) is 3. The maximum Gasteiger partial charge on any atom is 0.322 e. The van der Waals surface area contributed by atoms with Crippen LogP contribution in [0.25, 0.3) is 0 Å². The molecule has 0 saturated carbocycles. The minimum Gasteiger partial charge on any atom is -0.480 e. The van der Waals surface area contributed by atoms with Crippen LogP contribution in [-0.2, 0) is 16.0 Å². The van der Waals surface area contributed by atoms with Crippen LogP contribution in [0.2, 0.25) is 5.02 Å². The lowest BCUT2D eigenvalue weighted by atomic mass is 9.98. The van der Waals surface area contributed by atoms with Crippen molar-refractivity contribution in [2.24, 2.45) is 5.92 Å². The van der Waals surface area contributed by atoms with Gasteiger partial charge in [0.1, 0.15) is 6.54 Å². The third-order valence-corrected chi connectivity index (χ3v) is 4.11. The molecule has 0 heterocycles. The summed E-state index contributed by atoms with van der Waals surface area (Å²) in [4.78, 5) is 34.4. The minimum atomic E-state index is -1.11. The molecule has 0 bridgehead atoms.